The fraction of sp³-hybridized carbons (Fsp3) is 0.333. The van der Waals surface area contributed by atoms with Crippen molar-refractivity contribution in [3.05, 3.63) is 47.5 Å². The van der Waals surface area contributed by atoms with Crippen LogP contribution in [-0.4, -0.2) is 19.9 Å². The topological polar surface area (TPSA) is 50.9 Å². The quantitative estimate of drug-likeness (QED) is 0.851. The molecule has 0 fully saturated rings. The van der Waals surface area contributed by atoms with Crippen molar-refractivity contribution in [2.45, 2.75) is 26.5 Å². The number of aliphatic hydroxyl groups excluding tert-OH is 1. The molecular formula is C12H15N3O. The first-order valence-corrected chi connectivity index (χ1v) is 5.34. The molecule has 2 rings (SSSR count). The van der Waals surface area contributed by atoms with E-state index in [-0.39, 0.29) is 0 Å². The number of rotatable bonds is 3. The summed E-state index contributed by atoms with van der Waals surface area (Å²) in [7, 11) is 0. The summed E-state index contributed by atoms with van der Waals surface area (Å²) in [5.74, 6) is 0. The number of nitrogens with zero attached hydrogens (tertiary/aromatic N) is 3. The Kier molecular flexibility index (Phi) is 3.01. The zero-order chi connectivity index (χ0) is 11.5. The van der Waals surface area contributed by atoms with Crippen molar-refractivity contribution in [2.75, 3.05) is 0 Å². The maximum atomic E-state index is 10.2. The molecule has 84 valence electrons. The van der Waals surface area contributed by atoms with Gasteiger partial charge in [-0.2, -0.15) is 5.10 Å². The van der Waals surface area contributed by atoms with Crippen molar-refractivity contribution >= 4 is 0 Å². The third-order valence-corrected chi connectivity index (χ3v) is 2.60. The lowest BCUT2D eigenvalue weighted by Crippen LogP contribution is -2.03. The molecule has 16 heavy (non-hydrogen) atoms. The van der Waals surface area contributed by atoms with Crippen LogP contribution >= 0.6 is 0 Å². The van der Waals surface area contributed by atoms with Gasteiger partial charge in [-0.3, -0.25) is 9.67 Å². The molecule has 0 spiro atoms. The summed E-state index contributed by atoms with van der Waals surface area (Å²) in [6.07, 6.45) is 4.53. The van der Waals surface area contributed by atoms with Crippen molar-refractivity contribution in [2.24, 2.45) is 0 Å². The Morgan fingerprint density at radius 1 is 1.50 bits per heavy atom. The van der Waals surface area contributed by atoms with Crippen molar-refractivity contribution < 1.29 is 5.11 Å². The molecule has 2 aromatic rings. The first-order chi connectivity index (χ1) is 7.72. The van der Waals surface area contributed by atoms with Crippen LogP contribution in [0.15, 0.2) is 30.7 Å². The molecule has 1 unspecified atom stereocenters. The third-order valence-electron chi connectivity index (χ3n) is 2.60. The molecule has 0 bridgehead atoms. The van der Waals surface area contributed by atoms with Crippen LogP contribution in [-0.2, 0) is 6.54 Å². The Morgan fingerprint density at radius 2 is 2.31 bits per heavy atom. The van der Waals surface area contributed by atoms with Gasteiger partial charge in [0.05, 0.1) is 11.9 Å². The van der Waals surface area contributed by atoms with Crippen molar-refractivity contribution in [1.82, 2.24) is 14.8 Å². The molecule has 0 saturated carbocycles. The van der Waals surface area contributed by atoms with Crippen LogP contribution in [0.2, 0.25) is 0 Å². The van der Waals surface area contributed by atoms with Gasteiger partial charge in [0.15, 0.2) is 0 Å². The predicted molar refractivity (Wildman–Crippen MR) is 60.9 cm³/mol. The van der Waals surface area contributed by atoms with Crippen LogP contribution in [0.3, 0.4) is 0 Å². The molecule has 0 aliphatic carbocycles. The monoisotopic (exact) mass is 217 g/mol. The van der Waals surface area contributed by atoms with Crippen LogP contribution in [0, 0.1) is 6.92 Å². The molecule has 4 nitrogen and oxygen atoms in total. The number of aromatic nitrogens is 3. The molecule has 2 heterocycles. The summed E-state index contributed by atoms with van der Waals surface area (Å²) in [5.41, 5.74) is 2.46. The SMILES string of the molecule is CCn1cc(C(O)c2ncccc2C)cn1. The highest BCUT2D eigenvalue weighted by Gasteiger charge is 2.15. The van der Waals surface area contributed by atoms with Gasteiger partial charge in [-0.15, -0.1) is 0 Å². The summed E-state index contributed by atoms with van der Waals surface area (Å²) in [4.78, 5) is 4.20. The second kappa shape index (κ2) is 4.45. The molecule has 1 atom stereocenters. The molecule has 1 N–H and O–H groups in total. The summed E-state index contributed by atoms with van der Waals surface area (Å²) in [6, 6.07) is 3.80. The van der Waals surface area contributed by atoms with E-state index in [2.05, 4.69) is 10.1 Å². The maximum absolute atomic E-state index is 10.2. The smallest absolute Gasteiger partial charge is 0.124 e. The molecule has 0 aromatic carbocycles. The number of pyridine rings is 1. The van der Waals surface area contributed by atoms with E-state index in [1.807, 2.05) is 32.2 Å². The molecule has 0 saturated heterocycles. The largest absolute Gasteiger partial charge is 0.382 e. The standard InChI is InChI=1S/C12H15N3O/c1-3-15-8-10(7-14-15)12(16)11-9(2)5-4-6-13-11/h4-8,12,16H,3H2,1-2H3. The van der Waals surface area contributed by atoms with Gasteiger partial charge in [-0.1, -0.05) is 6.07 Å². The average molecular weight is 217 g/mol. The van der Waals surface area contributed by atoms with Crippen LogP contribution in [0.4, 0.5) is 0 Å². The lowest BCUT2D eigenvalue weighted by molar-refractivity contribution is 0.214. The van der Waals surface area contributed by atoms with Gasteiger partial charge < -0.3 is 5.11 Å². The fourth-order valence-electron chi connectivity index (χ4n) is 1.64. The van der Waals surface area contributed by atoms with Crippen molar-refractivity contribution in [3.8, 4) is 0 Å². The Labute approximate surface area is 94.6 Å². The maximum Gasteiger partial charge on any atom is 0.124 e. The van der Waals surface area contributed by atoms with Gasteiger partial charge >= 0.3 is 0 Å². The third kappa shape index (κ3) is 1.97. The van der Waals surface area contributed by atoms with E-state index in [0.717, 1.165) is 17.7 Å². The lowest BCUT2D eigenvalue weighted by Gasteiger charge is -2.10. The van der Waals surface area contributed by atoms with E-state index in [1.54, 1.807) is 17.1 Å². The molecule has 0 amide bonds. The van der Waals surface area contributed by atoms with E-state index < -0.39 is 6.10 Å². The van der Waals surface area contributed by atoms with E-state index >= 15 is 0 Å². The number of hydrogen-bond donors (Lipinski definition) is 1. The van der Waals surface area contributed by atoms with Gasteiger partial charge in [0.25, 0.3) is 0 Å². The average Bonchev–Trinajstić information content (AvgIpc) is 2.77. The lowest BCUT2D eigenvalue weighted by atomic mass is 10.1. The van der Waals surface area contributed by atoms with Gasteiger partial charge in [0, 0.05) is 24.5 Å². The van der Waals surface area contributed by atoms with E-state index in [0.29, 0.717) is 5.69 Å². The molecule has 0 radical (unpaired) electrons. The predicted octanol–water partition coefficient (Wildman–Crippen LogP) is 1.69. The molecule has 0 aliphatic rings. The summed E-state index contributed by atoms with van der Waals surface area (Å²) in [6.45, 7) is 4.75. The zero-order valence-corrected chi connectivity index (χ0v) is 9.46. The van der Waals surface area contributed by atoms with Crippen molar-refractivity contribution in [3.63, 3.8) is 0 Å². The Bertz CT molecular complexity index is 479. The summed E-state index contributed by atoms with van der Waals surface area (Å²) < 4.78 is 1.79. The Hall–Kier alpha value is -1.68. The number of aryl methyl sites for hydroxylation is 2. The second-order valence-corrected chi connectivity index (χ2v) is 3.74. The summed E-state index contributed by atoms with van der Waals surface area (Å²) >= 11 is 0. The van der Waals surface area contributed by atoms with Crippen LogP contribution in [0.25, 0.3) is 0 Å². The minimum atomic E-state index is -0.693. The van der Waals surface area contributed by atoms with E-state index in [4.69, 9.17) is 0 Å². The number of hydrogen-bond acceptors (Lipinski definition) is 3. The number of aliphatic hydroxyl groups is 1. The molecule has 4 heteroatoms. The van der Waals surface area contributed by atoms with Gasteiger partial charge in [-0.05, 0) is 25.5 Å². The summed E-state index contributed by atoms with van der Waals surface area (Å²) in [5, 5.41) is 14.3. The fourth-order valence-corrected chi connectivity index (χ4v) is 1.64. The minimum absolute atomic E-state index is 0.693. The highest BCUT2D eigenvalue weighted by atomic mass is 16.3. The second-order valence-electron chi connectivity index (χ2n) is 3.74. The highest BCUT2D eigenvalue weighted by Crippen LogP contribution is 2.21. The highest BCUT2D eigenvalue weighted by molar-refractivity contribution is 5.27. The Balaban J connectivity index is 2.31. The van der Waals surface area contributed by atoms with Gasteiger partial charge in [0.1, 0.15) is 6.10 Å². The first-order valence-electron chi connectivity index (χ1n) is 5.34. The van der Waals surface area contributed by atoms with Crippen LogP contribution in [0.5, 0.6) is 0 Å². The van der Waals surface area contributed by atoms with Crippen molar-refractivity contribution in [1.29, 1.82) is 0 Å². The molecule has 2 aromatic heterocycles. The van der Waals surface area contributed by atoms with E-state index in [1.165, 1.54) is 0 Å². The normalized spacial score (nSPS) is 12.7. The van der Waals surface area contributed by atoms with Gasteiger partial charge in [-0.25, -0.2) is 0 Å². The Morgan fingerprint density at radius 3 is 2.94 bits per heavy atom. The molecular weight excluding hydrogens is 202 g/mol. The van der Waals surface area contributed by atoms with E-state index in [9.17, 15) is 5.11 Å². The van der Waals surface area contributed by atoms with Crippen LogP contribution in [0.1, 0.15) is 29.8 Å². The van der Waals surface area contributed by atoms with Crippen LogP contribution < -0.4 is 0 Å². The van der Waals surface area contributed by atoms with Gasteiger partial charge in [0.2, 0.25) is 0 Å². The zero-order valence-electron chi connectivity index (χ0n) is 9.46. The first kappa shape index (κ1) is 10.8. The molecule has 0 aliphatic heterocycles. The minimum Gasteiger partial charge on any atom is -0.382 e.